The van der Waals surface area contributed by atoms with Crippen LogP contribution in [0.2, 0.25) is 0 Å². The van der Waals surface area contributed by atoms with Crippen LogP contribution < -0.4 is 11.6 Å². The van der Waals surface area contributed by atoms with E-state index in [1.807, 2.05) is 16.9 Å². The van der Waals surface area contributed by atoms with E-state index in [2.05, 4.69) is 31.2 Å². The van der Waals surface area contributed by atoms with E-state index in [4.69, 9.17) is 11.6 Å². The molecule has 0 bridgehead atoms. The van der Waals surface area contributed by atoms with Crippen molar-refractivity contribution in [1.82, 2.24) is 19.7 Å². The van der Waals surface area contributed by atoms with E-state index in [1.165, 1.54) is 6.21 Å². The van der Waals surface area contributed by atoms with Crippen molar-refractivity contribution in [3.63, 3.8) is 0 Å². The minimum absolute atomic E-state index is 0.0172. The second-order valence-electron chi connectivity index (χ2n) is 7.19. The first-order chi connectivity index (χ1) is 15.0. The molecule has 1 fully saturated rings. The zero-order valence-corrected chi connectivity index (χ0v) is 16.8. The molecule has 2 aromatic heterocycles. The molecule has 0 radical (unpaired) electrons. The Balaban J connectivity index is 1.63. The van der Waals surface area contributed by atoms with Gasteiger partial charge in [0.05, 0.1) is 36.1 Å². The maximum atomic E-state index is 14.7. The van der Waals surface area contributed by atoms with Gasteiger partial charge in [-0.25, -0.2) is 14.4 Å². The molecule has 9 nitrogen and oxygen atoms in total. The van der Waals surface area contributed by atoms with Crippen LogP contribution in [0.4, 0.5) is 10.2 Å². The van der Waals surface area contributed by atoms with Gasteiger partial charge in [-0.1, -0.05) is 12.1 Å². The molecule has 0 aliphatic heterocycles. The lowest BCUT2D eigenvalue weighted by molar-refractivity contribution is 0.617. The monoisotopic (exact) mass is 417 g/mol. The van der Waals surface area contributed by atoms with Crippen molar-refractivity contribution in [2.24, 2.45) is 15.9 Å². The molecule has 10 heteroatoms. The van der Waals surface area contributed by atoms with Crippen molar-refractivity contribution < 1.29 is 4.39 Å². The Morgan fingerprint density at radius 1 is 1.35 bits per heavy atom. The van der Waals surface area contributed by atoms with Crippen LogP contribution in [-0.4, -0.2) is 31.7 Å². The molecule has 4 rings (SSSR count). The van der Waals surface area contributed by atoms with Gasteiger partial charge in [0, 0.05) is 11.8 Å². The quantitative estimate of drug-likeness (QED) is 0.358. The van der Waals surface area contributed by atoms with Gasteiger partial charge in [0.1, 0.15) is 11.4 Å². The first-order valence-corrected chi connectivity index (χ1v) is 9.67. The molecule has 0 amide bonds. The van der Waals surface area contributed by atoms with Crippen molar-refractivity contribution >= 4 is 17.7 Å². The van der Waals surface area contributed by atoms with Crippen LogP contribution in [0.1, 0.15) is 41.4 Å². The second kappa shape index (κ2) is 8.31. The molecule has 0 atom stereocenters. The molecule has 1 aromatic carbocycles. The summed E-state index contributed by atoms with van der Waals surface area (Å²) in [6.45, 7) is 2.05. The smallest absolute Gasteiger partial charge is 0.193 e. The number of aromatic nitrogens is 4. The Morgan fingerprint density at radius 3 is 2.87 bits per heavy atom. The van der Waals surface area contributed by atoms with Gasteiger partial charge in [-0.2, -0.15) is 15.5 Å². The van der Waals surface area contributed by atoms with Crippen LogP contribution in [0, 0.1) is 24.1 Å². The number of anilines is 1. The van der Waals surface area contributed by atoms with Crippen molar-refractivity contribution in [2.45, 2.75) is 32.4 Å². The Morgan fingerprint density at radius 2 is 2.16 bits per heavy atom. The van der Waals surface area contributed by atoms with E-state index in [0.29, 0.717) is 22.7 Å². The van der Waals surface area contributed by atoms with E-state index < -0.39 is 5.82 Å². The van der Waals surface area contributed by atoms with Gasteiger partial charge >= 0.3 is 0 Å². The standard InChI is InChI=1S/C21H20FN9/c1-12-13(9-23)3-2-4-16(12)21-27-19(18(22)20(24)28-21)17(29-25)11-26-10-14-7-8-31(30-14)15-5-6-15/h2-4,7-8,11,15H,5-6,10,25H2,1H3,(H2,24,27,28). The van der Waals surface area contributed by atoms with Gasteiger partial charge in [-0.05, 0) is 37.5 Å². The minimum Gasteiger partial charge on any atom is -0.381 e. The number of nitrogen functional groups attached to an aromatic ring is 1. The zero-order valence-electron chi connectivity index (χ0n) is 16.8. The summed E-state index contributed by atoms with van der Waals surface area (Å²) in [6.07, 6.45) is 5.54. The number of hydrogen-bond acceptors (Lipinski definition) is 8. The predicted octanol–water partition coefficient (Wildman–Crippen LogP) is 2.51. The zero-order chi connectivity index (χ0) is 22.0. The third-order valence-corrected chi connectivity index (χ3v) is 5.01. The van der Waals surface area contributed by atoms with E-state index in [9.17, 15) is 9.65 Å². The van der Waals surface area contributed by atoms with Crippen LogP contribution in [0.3, 0.4) is 0 Å². The average molecular weight is 417 g/mol. The van der Waals surface area contributed by atoms with E-state index >= 15 is 0 Å². The van der Waals surface area contributed by atoms with Crippen LogP contribution in [-0.2, 0) is 6.54 Å². The largest absolute Gasteiger partial charge is 0.381 e. The second-order valence-corrected chi connectivity index (χ2v) is 7.19. The Hall–Kier alpha value is -4.13. The lowest BCUT2D eigenvalue weighted by Gasteiger charge is -2.10. The molecule has 0 saturated heterocycles. The molecule has 2 heterocycles. The lowest BCUT2D eigenvalue weighted by Crippen LogP contribution is -2.15. The van der Waals surface area contributed by atoms with E-state index in [-0.39, 0.29) is 29.6 Å². The van der Waals surface area contributed by atoms with Gasteiger partial charge in [0.25, 0.3) is 0 Å². The van der Waals surface area contributed by atoms with Gasteiger partial charge < -0.3 is 11.6 Å². The normalized spacial score (nSPS) is 14.2. The number of nitriles is 1. The summed E-state index contributed by atoms with van der Waals surface area (Å²) in [4.78, 5) is 12.6. The average Bonchev–Trinajstić information content (AvgIpc) is 3.52. The van der Waals surface area contributed by atoms with Crippen LogP contribution in [0.15, 0.2) is 40.6 Å². The minimum atomic E-state index is -0.841. The molecular weight excluding hydrogens is 397 g/mol. The number of hydrogen-bond donors (Lipinski definition) is 2. The topological polar surface area (TPSA) is 144 Å². The predicted molar refractivity (Wildman–Crippen MR) is 115 cm³/mol. The number of nitrogens with zero attached hydrogens (tertiary/aromatic N) is 7. The molecule has 31 heavy (non-hydrogen) atoms. The molecule has 1 aliphatic rings. The van der Waals surface area contributed by atoms with Gasteiger partial charge in [0.2, 0.25) is 0 Å². The van der Waals surface area contributed by atoms with Crippen molar-refractivity contribution in [2.75, 3.05) is 5.73 Å². The highest BCUT2D eigenvalue weighted by molar-refractivity contribution is 6.37. The SMILES string of the molecule is Cc1c(C#N)cccc1-c1nc(N)c(F)c(C(C=NCc2ccn(C3CC3)n2)=NN)n1. The summed E-state index contributed by atoms with van der Waals surface area (Å²) < 4.78 is 16.6. The van der Waals surface area contributed by atoms with Crippen LogP contribution in [0.5, 0.6) is 0 Å². The molecule has 3 aromatic rings. The summed E-state index contributed by atoms with van der Waals surface area (Å²) in [5.41, 5.74) is 8.10. The lowest BCUT2D eigenvalue weighted by atomic mass is 10.0. The summed E-state index contributed by atoms with van der Waals surface area (Å²) in [5.74, 6) is 4.46. The maximum Gasteiger partial charge on any atom is 0.193 e. The van der Waals surface area contributed by atoms with E-state index in [1.54, 1.807) is 25.1 Å². The number of benzene rings is 1. The van der Waals surface area contributed by atoms with E-state index in [0.717, 1.165) is 18.5 Å². The summed E-state index contributed by atoms with van der Waals surface area (Å²) in [6, 6.07) is 9.58. The van der Waals surface area contributed by atoms with Gasteiger partial charge in [0.15, 0.2) is 17.5 Å². The molecule has 1 saturated carbocycles. The number of nitrogens with two attached hydrogens (primary N) is 2. The molecule has 4 N–H and O–H groups in total. The van der Waals surface area contributed by atoms with Gasteiger partial charge in [-0.3, -0.25) is 9.67 Å². The fraction of sp³-hybridized carbons (Fsp3) is 0.238. The molecule has 0 spiro atoms. The van der Waals surface area contributed by atoms with Crippen molar-refractivity contribution in [3.05, 3.63) is 58.8 Å². The highest BCUT2D eigenvalue weighted by atomic mass is 19.1. The first kappa shape index (κ1) is 20.2. The number of rotatable bonds is 6. The summed E-state index contributed by atoms with van der Waals surface area (Å²) in [5, 5.41) is 17.4. The molecular formula is C21H20FN9. The van der Waals surface area contributed by atoms with Gasteiger partial charge in [-0.15, -0.1) is 0 Å². The number of halogens is 1. The molecule has 156 valence electrons. The number of hydrazone groups is 1. The Kier molecular flexibility index (Phi) is 5.41. The molecule has 0 unspecified atom stereocenters. The van der Waals surface area contributed by atoms with Crippen LogP contribution >= 0.6 is 0 Å². The van der Waals surface area contributed by atoms with Crippen molar-refractivity contribution in [3.8, 4) is 17.5 Å². The first-order valence-electron chi connectivity index (χ1n) is 9.67. The third kappa shape index (κ3) is 4.11. The Bertz CT molecular complexity index is 1230. The van der Waals surface area contributed by atoms with Crippen molar-refractivity contribution in [1.29, 1.82) is 5.26 Å². The highest BCUT2D eigenvalue weighted by Crippen LogP contribution is 2.33. The fourth-order valence-corrected chi connectivity index (χ4v) is 3.14. The molecule has 1 aliphatic carbocycles. The fourth-order valence-electron chi connectivity index (χ4n) is 3.14. The number of aliphatic imine (C=N–C) groups is 1. The maximum absolute atomic E-state index is 14.7. The Labute approximate surface area is 178 Å². The summed E-state index contributed by atoms with van der Waals surface area (Å²) in [7, 11) is 0. The van der Waals surface area contributed by atoms with Crippen LogP contribution in [0.25, 0.3) is 11.4 Å². The third-order valence-electron chi connectivity index (χ3n) is 5.01. The summed E-state index contributed by atoms with van der Waals surface area (Å²) >= 11 is 0. The highest BCUT2D eigenvalue weighted by Gasteiger charge is 2.24.